The molecule has 0 spiro atoms. The van der Waals surface area contributed by atoms with Crippen LogP contribution in [0.15, 0.2) is 30.1 Å². The van der Waals surface area contributed by atoms with Crippen molar-refractivity contribution in [1.29, 1.82) is 0 Å². The molecule has 0 atom stereocenters. The first-order chi connectivity index (χ1) is 5.79. The highest BCUT2D eigenvalue weighted by Crippen LogP contribution is 1.98. The van der Waals surface area contributed by atoms with E-state index in [1.807, 2.05) is 6.07 Å². The van der Waals surface area contributed by atoms with E-state index in [4.69, 9.17) is 0 Å². The quantitative estimate of drug-likeness (QED) is 0.638. The van der Waals surface area contributed by atoms with Crippen molar-refractivity contribution >= 4 is 0 Å². The summed E-state index contributed by atoms with van der Waals surface area (Å²) in [5, 5.41) is 0. The largest absolute Gasteiger partial charge is 0.241 e. The fourth-order valence-electron chi connectivity index (χ4n) is 0.949. The maximum Gasteiger partial charge on any atom is 0.128 e. The van der Waals surface area contributed by atoms with Crippen LogP contribution in [0.1, 0.15) is 26.1 Å². The summed E-state index contributed by atoms with van der Waals surface area (Å²) >= 11 is 0. The Morgan fingerprint density at radius 1 is 1.33 bits per heavy atom. The molecule has 0 aliphatic rings. The smallest absolute Gasteiger partial charge is 0.128 e. The standard InChI is InChI=1S/C10H14N2/c1-9(2)5-3-6-10-11-7-4-8-12-10/h4-5,7-8H,3,6H2,1-2H3. The van der Waals surface area contributed by atoms with E-state index in [0.717, 1.165) is 18.7 Å². The summed E-state index contributed by atoms with van der Waals surface area (Å²) in [5.74, 6) is 0.926. The Balaban J connectivity index is 2.39. The van der Waals surface area contributed by atoms with Gasteiger partial charge in [-0.3, -0.25) is 0 Å². The summed E-state index contributed by atoms with van der Waals surface area (Å²) in [7, 11) is 0. The molecule has 0 unspecified atom stereocenters. The molecular weight excluding hydrogens is 148 g/mol. The Morgan fingerprint density at radius 3 is 2.58 bits per heavy atom. The van der Waals surface area contributed by atoms with Crippen LogP contribution in [-0.2, 0) is 6.42 Å². The van der Waals surface area contributed by atoms with Gasteiger partial charge in [0, 0.05) is 18.8 Å². The van der Waals surface area contributed by atoms with E-state index in [0.29, 0.717) is 0 Å². The summed E-state index contributed by atoms with van der Waals surface area (Å²) in [5.41, 5.74) is 1.35. The molecule has 0 N–H and O–H groups in total. The number of hydrogen-bond donors (Lipinski definition) is 0. The van der Waals surface area contributed by atoms with E-state index < -0.39 is 0 Å². The summed E-state index contributed by atoms with van der Waals surface area (Å²) < 4.78 is 0. The van der Waals surface area contributed by atoms with Gasteiger partial charge in [-0.1, -0.05) is 11.6 Å². The molecule has 1 rings (SSSR count). The number of nitrogens with zero attached hydrogens (tertiary/aromatic N) is 2. The second-order valence-corrected chi connectivity index (χ2v) is 2.99. The van der Waals surface area contributed by atoms with Gasteiger partial charge in [-0.2, -0.15) is 0 Å². The number of aryl methyl sites for hydroxylation is 1. The molecule has 0 aromatic carbocycles. The third-order valence-corrected chi connectivity index (χ3v) is 1.54. The Morgan fingerprint density at radius 2 is 2.00 bits per heavy atom. The summed E-state index contributed by atoms with van der Waals surface area (Å²) in [6.45, 7) is 4.21. The van der Waals surface area contributed by atoms with Gasteiger partial charge in [0.2, 0.25) is 0 Å². The van der Waals surface area contributed by atoms with E-state index in [1.165, 1.54) is 5.57 Å². The minimum atomic E-state index is 0.926. The normalized spacial score (nSPS) is 9.50. The lowest BCUT2D eigenvalue weighted by Gasteiger charge is -1.94. The van der Waals surface area contributed by atoms with Crippen LogP contribution in [0.3, 0.4) is 0 Å². The lowest BCUT2D eigenvalue weighted by Crippen LogP contribution is -1.91. The van der Waals surface area contributed by atoms with Crippen molar-refractivity contribution in [3.05, 3.63) is 35.9 Å². The van der Waals surface area contributed by atoms with Crippen LogP contribution in [0, 0.1) is 0 Å². The third-order valence-electron chi connectivity index (χ3n) is 1.54. The van der Waals surface area contributed by atoms with Gasteiger partial charge in [0.25, 0.3) is 0 Å². The lowest BCUT2D eigenvalue weighted by atomic mass is 10.2. The summed E-state index contributed by atoms with van der Waals surface area (Å²) in [4.78, 5) is 8.27. The van der Waals surface area contributed by atoms with Crippen molar-refractivity contribution in [3.63, 3.8) is 0 Å². The number of aromatic nitrogens is 2. The van der Waals surface area contributed by atoms with Gasteiger partial charge in [-0.05, 0) is 26.3 Å². The van der Waals surface area contributed by atoms with E-state index in [1.54, 1.807) is 12.4 Å². The molecule has 0 saturated carbocycles. The minimum Gasteiger partial charge on any atom is -0.241 e. The SMILES string of the molecule is CC(C)=CCCc1ncccn1. The third kappa shape index (κ3) is 3.28. The summed E-state index contributed by atoms with van der Waals surface area (Å²) in [6, 6.07) is 1.84. The maximum absolute atomic E-state index is 4.14. The molecule has 1 aromatic rings. The van der Waals surface area contributed by atoms with Crippen molar-refractivity contribution in [2.45, 2.75) is 26.7 Å². The molecule has 12 heavy (non-hydrogen) atoms. The van der Waals surface area contributed by atoms with Gasteiger partial charge in [-0.15, -0.1) is 0 Å². The molecule has 0 aliphatic carbocycles. The monoisotopic (exact) mass is 162 g/mol. The molecule has 0 radical (unpaired) electrons. The van der Waals surface area contributed by atoms with Gasteiger partial charge < -0.3 is 0 Å². The average Bonchev–Trinajstić information content (AvgIpc) is 2.05. The van der Waals surface area contributed by atoms with Crippen LogP contribution in [-0.4, -0.2) is 9.97 Å². The van der Waals surface area contributed by atoms with E-state index in [-0.39, 0.29) is 0 Å². The molecule has 64 valence electrons. The topological polar surface area (TPSA) is 25.8 Å². The number of rotatable bonds is 3. The van der Waals surface area contributed by atoms with Crippen LogP contribution in [0.2, 0.25) is 0 Å². The molecule has 0 amide bonds. The Bertz CT molecular complexity index is 248. The molecule has 0 bridgehead atoms. The van der Waals surface area contributed by atoms with Crippen molar-refractivity contribution < 1.29 is 0 Å². The minimum absolute atomic E-state index is 0.926. The van der Waals surface area contributed by atoms with Crippen LogP contribution < -0.4 is 0 Å². The molecule has 1 aromatic heterocycles. The van der Waals surface area contributed by atoms with E-state index >= 15 is 0 Å². The molecule has 0 aliphatic heterocycles. The molecular formula is C10H14N2. The van der Waals surface area contributed by atoms with Crippen LogP contribution in [0.4, 0.5) is 0 Å². The highest BCUT2D eigenvalue weighted by molar-refractivity contribution is 4.96. The van der Waals surface area contributed by atoms with Crippen molar-refractivity contribution in [2.75, 3.05) is 0 Å². The lowest BCUT2D eigenvalue weighted by molar-refractivity contribution is 0.873. The first kappa shape index (κ1) is 8.91. The highest BCUT2D eigenvalue weighted by Gasteiger charge is 1.91. The van der Waals surface area contributed by atoms with Gasteiger partial charge >= 0.3 is 0 Å². The fraction of sp³-hybridized carbons (Fsp3) is 0.400. The van der Waals surface area contributed by atoms with Crippen LogP contribution in [0.5, 0.6) is 0 Å². The predicted molar refractivity (Wildman–Crippen MR) is 49.8 cm³/mol. The first-order valence-electron chi connectivity index (χ1n) is 4.18. The number of hydrogen-bond acceptors (Lipinski definition) is 2. The number of allylic oxidation sites excluding steroid dienone is 2. The molecule has 0 saturated heterocycles. The zero-order chi connectivity index (χ0) is 8.81. The zero-order valence-corrected chi connectivity index (χ0v) is 7.62. The van der Waals surface area contributed by atoms with Gasteiger partial charge in [0.1, 0.15) is 5.82 Å². The van der Waals surface area contributed by atoms with Crippen molar-refractivity contribution in [1.82, 2.24) is 9.97 Å². The second-order valence-electron chi connectivity index (χ2n) is 2.99. The van der Waals surface area contributed by atoms with Gasteiger partial charge in [0.15, 0.2) is 0 Å². The fourth-order valence-corrected chi connectivity index (χ4v) is 0.949. The Labute approximate surface area is 73.4 Å². The molecule has 1 heterocycles. The first-order valence-corrected chi connectivity index (χ1v) is 4.18. The molecule has 2 heteroatoms. The Kier molecular flexibility index (Phi) is 3.45. The van der Waals surface area contributed by atoms with Crippen molar-refractivity contribution in [3.8, 4) is 0 Å². The predicted octanol–water partition coefficient (Wildman–Crippen LogP) is 2.38. The van der Waals surface area contributed by atoms with Crippen molar-refractivity contribution in [2.24, 2.45) is 0 Å². The van der Waals surface area contributed by atoms with Crippen LogP contribution in [0.25, 0.3) is 0 Å². The molecule has 0 fully saturated rings. The van der Waals surface area contributed by atoms with Gasteiger partial charge in [0.05, 0.1) is 0 Å². The second kappa shape index (κ2) is 4.65. The average molecular weight is 162 g/mol. The van der Waals surface area contributed by atoms with E-state index in [2.05, 4.69) is 29.9 Å². The van der Waals surface area contributed by atoms with Crippen LogP contribution >= 0.6 is 0 Å². The van der Waals surface area contributed by atoms with Gasteiger partial charge in [-0.25, -0.2) is 9.97 Å². The molecule has 2 nitrogen and oxygen atoms in total. The summed E-state index contributed by atoms with van der Waals surface area (Å²) in [6.07, 6.45) is 7.74. The Hall–Kier alpha value is -1.18. The maximum atomic E-state index is 4.14. The highest BCUT2D eigenvalue weighted by atomic mass is 14.8. The van der Waals surface area contributed by atoms with E-state index in [9.17, 15) is 0 Å². The zero-order valence-electron chi connectivity index (χ0n) is 7.62.